The van der Waals surface area contributed by atoms with E-state index in [2.05, 4.69) is 16.3 Å². The summed E-state index contributed by atoms with van der Waals surface area (Å²) in [7, 11) is 0. The Kier molecular flexibility index (Phi) is 3.60. The molecule has 0 saturated carbocycles. The first-order valence-electron chi connectivity index (χ1n) is 3.43. The Balaban J connectivity index is 2.21. The van der Waals surface area contributed by atoms with Crippen molar-refractivity contribution in [2.75, 3.05) is 13.2 Å². The third-order valence-corrected chi connectivity index (χ3v) is 2.12. The summed E-state index contributed by atoms with van der Waals surface area (Å²) >= 11 is 4.14. The van der Waals surface area contributed by atoms with Crippen LogP contribution in [0.25, 0.3) is 0 Å². The Morgan fingerprint density at radius 3 is 2.92 bits per heavy atom. The number of rotatable bonds is 3. The van der Waals surface area contributed by atoms with Gasteiger partial charge in [0.05, 0.1) is 13.2 Å². The van der Waals surface area contributed by atoms with E-state index in [1.165, 1.54) is 0 Å². The maximum Gasteiger partial charge on any atom is 0.155 e. The van der Waals surface area contributed by atoms with Crippen LogP contribution >= 0.6 is 6.72 Å². The number of hydrogen-bond acceptors (Lipinski definition) is 5. The van der Waals surface area contributed by atoms with Crippen molar-refractivity contribution in [2.45, 2.75) is 19.3 Å². The van der Waals surface area contributed by atoms with Crippen LogP contribution in [-0.2, 0) is 25.8 Å². The Bertz CT molecular complexity index is 192. The highest BCUT2D eigenvalue weighted by Gasteiger charge is 2.22. The fourth-order valence-electron chi connectivity index (χ4n) is 0.857. The molecule has 3 atom stereocenters. The van der Waals surface area contributed by atoms with Gasteiger partial charge in [0.15, 0.2) is 6.29 Å². The third-order valence-electron chi connectivity index (χ3n) is 1.32. The molecule has 1 aliphatic rings. The highest BCUT2D eigenvalue weighted by atomic mass is 32.5. The maximum absolute atomic E-state index is 10.5. The van der Waals surface area contributed by atoms with Crippen LogP contribution in [0.15, 0.2) is 0 Å². The fraction of sp³-hybridized carbons (Fsp3) is 1.00. The molecule has 1 heterocycles. The second-order valence-electron chi connectivity index (χ2n) is 2.42. The smallest absolute Gasteiger partial charge is 0.155 e. The molecule has 72 valence electrons. The number of hydrogen-bond donors (Lipinski definition) is 1. The van der Waals surface area contributed by atoms with Gasteiger partial charge in [-0.15, -0.1) is 0 Å². The molecule has 1 N–H and O–H groups in total. The molecule has 1 unspecified atom stereocenters. The molecule has 1 rings (SSSR count). The van der Waals surface area contributed by atoms with E-state index in [-0.39, 0.29) is 19.0 Å². The molecule has 5 nitrogen and oxygen atoms in total. The van der Waals surface area contributed by atoms with E-state index in [0.717, 1.165) is 0 Å². The quantitative estimate of drug-likeness (QED) is 0.627. The zero-order valence-corrected chi connectivity index (χ0v) is 8.22. The standard InChI is InChI=1S/C5H11O5PS/c1-4-8-2-5(10-4)3-9-11(6,7)12/h4-5H,2-3H2,1H3,(H2,6,7,12)/p-1/t4-,5+/m0/s1. The van der Waals surface area contributed by atoms with Gasteiger partial charge in [0.25, 0.3) is 0 Å². The summed E-state index contributed by atoms with van der Waals surface area (Å²) in [5, 5.41) is 0. The molecule has 12 heavy (non-hydrogen) atoms. The van der Waals surface area contributed by atoms with Crippen molar-refractivity contribution in [3.63, 3.8) is 0 Å². The van der Waals surface area contributed by atoms with Crippen molar-refractivity contribution >= 4 is 18.5 Å². The SMILES string of the molecule is C[C@H]1OC[C@H](COP([O-])(O)=S)O1. The molecule has 0 aromatic rings. The zero-order chi connectivity index (χ0) is 9.19. The average Bonchev–Trinajstić information content (AvgIpc) is 2.30. The van der Waals surface area contributed by atoms with Crippen LogP contribution in [0.4, 0.5) is 0 Å². The molecule has 0 spiro atoms. The van der Waals surface area contributed by atoms with Crippen molar-refractivity contribution in [1.29, 1.82) is 0 Å². The molecule has 1 saturated heterocycles. The molecule has 0 radical (unpaired) electrons. The fourth-order valence-corrected chi connectivity index (χ4v) is 1.39. The van der Waals surface area contributed by atoms with E-state index in [1.807, 2.05) is 0 Å². The van der Waals surface area contributed by atoms with Crippen LogP contribution < -0.4 is 4.89 Å². The Labute approximate surface area is 75.5 Å². The van der Waals surface area contributed by atoms with Crippen LogP contribution in [-0.4, -0.2) is 30.5 Å². The van der Waals surface area contributed by atoms with Gasteiger partial charge in [-0.1, -0.05) is 11.8 Å². The first-order valence-corrected chi connectivity index (χ1v) is 6.02. The lowest BCUT2D eigenvalue weighted by Gasteiger charge is -2.21. The van der Waals surface area contributed by atoms with Crippen molar-refractivity contribution in [3.05, 3.63) is 0 Å². The minimum absolute atomic E-state index is 0.00160. The lowest BCUT2D eigenvalue weighted by atomic mass is 10.4. The van der Waals surface area contributed by atoms with Crippen molar-refractivity contribution in [1.82, 2.24) is 0 Å². The van der Waals surface area contributed by atoms with E-state index >= 15 is 0 Å². The minimum atomic E-state index is -3.79. The lowest BCUT2D eigenvalue weighted by molar-refractivity contribution is -0.203. The van der Waals surface area contributed by atoms with Gasteiger partial charge in [-0.3, -0.25) is 0 Å². The van der Waals surface area contributed by atoms with Gasteiger partial charge >= 0.3 is 0 Å². The van der Waals surface area contributed by atoms with Crippen LogP contribution in [0.5, 0.6) is 0 Å². The predicted molar refractivity (Wildman–Crippen MR) is 42.7 cm³/mol. The Morgan fingerprint density at radius 1 is 1.83 bits per heavy atom. The molecule has 0 aliphatic carbocycles. The van der Waals surface area contributed by atoms with E-state index in [9.17, 15) is 4.89 Å². The lowest BCUT2D eigenvalue weighted by Crippen LogP contribution is -2.19. The van der Waals surface area contributed by atoms with Crippen molar-refractivity contribution in [3.8, 4) is 0 Å². The molecule has 7 heteroatoms. The van der Waals surface area contributed by atoms with E-state index in [1.54, 1.807) is 6.92 Å². The first-order chi connectivity index (χ1) is 5.47. The maximum atomic E-state index is 10.5. The van der Waals surface area contributed by atoms with Gasteiger partial charge in [0.1, 0.15) is 12.8 Å². The molecular weight excluding hydrogens is 203 g/mol. The summed E-state index contributed by atoms with van der Waals surface area (Å²) in [6.07, 6.45) is -0.565. The summed E-state index contributed by atoms with van der Waals surface area (Å²) < 4.78 is 14.6. The van der Waals surface area contributed by atoms with Gasteiger partial charge in [-0.05, 0) is 6.92 Å². The van der Waals surface area contributed by atoms with E-state index < -0.39 is 6.72 Å². The van der Waals surface area contributed by atoms with Crippen LogP contribution in [0.2, 0.25) is 0 Å². The highest BCUT2D eigenvalue weighted by Crippen LogP contribution is 2.31. The molecule has 0 bridgehead atoms. The summed E-state index contributed by atoms with van der Waals surface area (Å²) in [6, 6.07) is 0. The summed E-state index contributed by atoms with van der Waals surface area (Å²) in [5.74, 6) is 0. The first kappa shape index (κ1) is 10.5. The minimum Gasteiger partial charge on any atom is -0.780 e. The van der Waals surface area contributed by atoms with Crippen LogP contribution in [0.3, 0.4) is 0 Å². The summed E-state index contributed by atoms with van der Waals surface area (Å²) in [4.78, 5) is 19.1. The highest BCUT2D eigenvalue weighted by molar-refractivity contribution is 8.06. The normalized spacial score (nSPS) is 34.9. The van der Waals surface area contributed by atoms with Gasteiger partial charge in [-0.2, -0.15) is 0 Å². The molecule has 1 aliphatic heterocycles. The van der Waals surface area contributed by atoms with E-state index in [0.29, 0.717) is 6.61 Å². The molecule has 1 fully saturated rings. The van der Waals surface area contributed by atoms with Crippen molar-refractivity contribution in [2.24, 2.45) is 0 Å². The van der Waals surface area contributed by atoms with Gasteiger partial charge < -0.3 is 23.8 Å². The number of ether oxygens (including phenoxy) is 2. The topological polar surface area (TPSA) is 71.0 Å². The Morgan fingerprint density at radius 2 is 2.50 bits per heavy atom. The van der Waals surface area contributed by atoms with Crippen LogP contribution in [0.1, 0.15) is 6.92 Å². The largest absolute Gasteiger partial charge is 0.780 e. The predicted octanol–water partition coefficient (Wildman–Crippen LogP) is -0.659. The van der Waals surface area contributed by atoms with Gasteiger partial charge in [0.2, 0.25) is 0 Å². The molecule has 0 aromatic heterocycles. The van der Waals surface area contributed by atoms with E-state index in [4.69, 9.17) is 14.4 Å². The summed E-state index contributed by atoms with van der Waals surface area (Å²) in [5.41, 5.74) is 0. The molecule has 0 amide bonds. The summed E-state index contributed by atoms with van der Waals surface area (Å²) in [6.45, 7) is -1.67. The van der Waals surface area contributed by atoms with Crippen molar-refractivity contribution < 1.29 is 23.8 Å². The molecule has 0 aromatic carbocycles. The monoisotopic (exact) mass is 213 g/mol. The molecular formula is C5H10O5PS-. The Hall–Kier alpha value is 0.450. The van der Waals surface area contributed by atoms with Gasteiger partial charge in [0, 0.05) is 0 Å². The second-order valence-corrected chi connectivity index (χ2v) is 5.00. The zero-order valence-electron chi connectivity index (χ0n) is 6.50. The van der Waals surface area contributed by atoms with Crippen LogP contribution in [0, 0.1) is 0 Å². The average molecular weight is 213 g/mol. The van der Waals surface area contributed by atoms with Gasteiger partial charge in [-0.25, -0.2) is 0 Å². The third kappa shape index (κ3) is 3.91. The second kappa shape index (κ2) is 4.11.